The van der Waals surface area contributed by atoms with Gasteiger partial charge in [-0.15, -0.1) is 5.10 Å². The summed E-state index contributed by atoms with van der Waals surface area (Å²) in [4.78, 5) is 8.86. The molecular formula is C15H17N5. The van der Waals surface area contributed by atoms with E-state index >= 15 is 0 Å². The van der Waals surface area contributed by atoms with Crippen molar-refractivity contribution in [1.29, 1.82) is 0 Å². The summed E-state index contributed by atoms with van der Waals surface area (Å²) in [6, 6.07) is 2.04. The lowest BCUT2D eigenvalue weighted by molar-refractivity contribution is 0.696. The molecule has 0 fully saturated rings. The number of aryl methyl sites for hydroxylation is 1. The minimum absolute atomic E-state index is 0.421. The molecule has 0 atom stereocenters. The van der Waals surface area contributed by atoms with Gasteiger partial charge >= 0.3 is 0 Å². The van der Waals surface area contributed by atoms with Crippen LogP contribution in [0.4, 0.5) is 0 Å². The van der Waals surface area contributed by atoms with Crippen molar-refractivity contribution in [3.63, 3.8) is 0 Å². The van der Waals surface area contributed by atoms with E-state index in [0.717, 1.165) is 22.5 Å². The van der Waals surface area contributed by atoms with Crippen LogP contribution in [0.5, 0.6) is 0 Å². The number of hydrogen-bond acceptors (Lipinski definition) is 4. The van der Waals surface area contributed by atoms with Crippen LogP contribution in [0.15, 0.2) is 24.7 Å². The predicted molar refractivity (Wildman–Crippen MR) is 78.4 cm³/mol. The van der Waals surface area contributed by atoms with Crippen LogP contribution < -0.4 is 0 Å². The Kier molecular flexibility index (Phi) is 2.97. The van der Waals surface area contributed by atoms with Gasteiger partial charge in [-0.25, -0.2) is 0 Å². The Hall–Kier alpha value is -2.30. The van der Waals surface area contributed by atoms with Crippen molar-refractivity contribution in [3.8, 4) is 11.4 Å². The Morgan fingerprint density at radius 1 is 1.10 bits per heavy atom. The first-order chi connectivity index (χ1) is 9.59. The summed E-state index contributed by atoms with van der Waals surface area (Å²) in [7, 11) is 1.88. The van der Waals surface area contributed by atoms with Crippen LogP contribution in [-0.4, -0.2) is 25.0 Å². The van der Waals surface area contributed by atoms with E-state index < -0.39 is 0 Å². The Morgan fingerprint density at radius 2 is 1.90 bits per heavy atom. The van der Waals surface area contributed by atoms with Gasteiger partial charge in [-0.1, -0.05) is 19.1 Å². The molecule has 5 nitrogen and oxygen atoms in total. The second-order valence-corrected chi connectivity index (χ2v) is 5.29. The number of rotatable bonds is 2. The van der Waals surface area contributed by atoms with Crippen LogP contribution in [0.25, 0.3) is 22.2 Å². The molecular weight excluding hydrogens is 250 g/mol. The SMILES string of the molecule is Cc1c(-c2ncc(C(C)C)c3ccncc23)nnn1C. The maximum atomic E-state index is 4.62. The van der Waals surface area contributed by atoms with E-state index in [1.807, 2.05) is 38.6 Å². The molecule has 5 heteroatoms. The lowest BCUT2D eigenvalue weighted by atomic mass is 9.97. The molecule has 102 valence electrons. The first-order valence-electron chi connectivity index (χ1n) is 6.69. The van der Waals surface area contributed by atoms with Crippen molar-refractivity contribution in [2.24, 2.45) is 7.05 Å². The molecule has 0 aromatic carbocycles. The minimum atomic E-state index is 0.421. The summed E-state index contributed by atoms with van der Waals surface area (Å²) in [5.41, 5.74) is 3.90. The van der Waals surface area contributed by atoms with Crippen LogP contribution >= 0.6 is 0 Å². The maximum absolute atomic E-state index is 4.62. The fourth-order valence-electron chi connectivity index (χ4n) is 2.38. The number of hydrogen-bond donors (Lipinski definition) is 0. The van der Waals surface area contributed by atoms with E-state index in [1.165, 1.54) is 10.9 Å². The smallest absolute Gasteiger partial charge is 0.135 e. The maximum Gasteiger partial charge on any atom is 0.135 e. The van der Waals surface area contributed by atoms with Gasteiger partial charge in [0.15, 0.2) is 0 Å². The molecule has 0 spiro atoms. The van der Waals surface area contributed by atoms with Crippen molar-refractivity contribution in [2.75, 3.05) is 0 Å². The van der Waals surface area contributed by atoms with Gasteiger partial charge in [0.2, 0.25) is 0 Å². The lowest BCUT2D eigenvalue weighted by Gasteiger charge is -2.11. The summed E-state index contributed by atoms with van der Waals surface area (Å²) in [5, 5.41) is 10.5. The molecule has 0 saturated carbocycles. The molecule has 0 radical (unpaired) electrons. The summed E-state index contributed by atoms with van der Waals surface area (Å²) >= 11 is 0. The number of nitrogens with zero attached hydrogens (tertiary/aromatic N) is 5. The topological polar surface area (TPSA) is 56.5 Å². The van der Waals surface area contributed by atoms with Crippen LogP contribution in [-0.2, 0) is 7.05 Å². The molecule has 3 aromatic heterocycles. The van der Waals surface area contributed by atoms with E-state index in [1.54, 1.807) is 4.68 Å². The van der Waals surface area contributed by atoms with Gasteiger partial charge in [0.1, 0.15) is 11.4 Å². The fourth-order valence-corrected chi connectivity index (χ4v) is 2.38. The highest BCUT2D eigenvalue weighted by Crippen LogP contribution is 2.31. The molecule has 0 aliphatic heterocycles. The van der Waals surface area contributed by atoms with Gasteiger partial charge in [0.05, 0.1) is 5.69 Å². The van der Waals surface area contributed by atoms with E-state index in [9.17, 15) is 0 Å². The van der Waals surface area contributed by atoms with Crippen LogP contribution in [0, 0.1) is 6.92 Å². The van der Waals surface area contributed by atoms with Gasteiger partial charge in [-0.05, 0) is 29.9 Å². The zero-order chi connectivity index (χ0) is 14.3. The molecule has 0 N–H and O–H groups in total. The minimum Gasteiger partial charge on any atom is -0.264 e. The normalized spacial score (nSPS) is 11.4. The first-order valence-corrected chi connectivity index (χ1v) is 6.69. The second-order valence-electron chi connectivity index (χ2n) is 5.29. The van der Waals surface area contributed by atoms with Gasteiger partial charge < -0.3 is 0 Å². The van der Waals surface area contributed by atoms with Gasteiger partial charge in [-0.3, -0.25) is 14.6 Å². The van der Waals surface area contributed by atoms with Crippen molar-refractivity contribution < 1.29 is 0 Å². The summed E-state index contributed by atoms with van der Waals surface area (Å²) in [6.07, 6.45) is 5.62. The largest absolute Gasteiger partial charge is 0.264 e. The molecule has 0 aliphatic carbocycles. The van der Waals surface area contributed by atoms with Gasteiger partial charge in [-0.2, -0.15) is 0 Å². The molecule has 3 aromatic rings. The summed E-state index contributed by atoms with van der Waals surface area (Å²) in [6.45, 7) is 6.34. The molecule has 3 rings (SSSR count). The van der Waals surface area contributed by atoms with Gasteiger partial charge in [0, 0.05) is 31.0 Å². The first kappa shape index (κ1) is 12.7. The Labute approximate surface area is 117 Å². The third-order valence-corrected chi connectivity index (χ3v) is 3.67. The highest BCUT2D eigenvalue weighted by Gasteiger charge is 2.16. The highest BCUT2D eigenvalue weighted by molar-refractivity contribution is 5.95. The zero-order valence-electron chi connectivity index (χ0n) is 12.1. The predicted octanol–water partition coefficient (Wildman–Crippen LogP) is 2.86. The molecule has 0 amide bonds. The quantitative estimate of drug-likeness (QED) is 0.716. The lowest BCUT2D eigenvalue weighted by Crippen LogP contribution is -1.97. The molecule has 20 heavy (non-hydrogen) atoms. The third kappa shape index (κ3) is 1.86. The highest BCUT2D eigenvalue weighted by atomic mass is 15.4. The Morgan fingerprint density at radius 3 is 2.55 bits per heavy atom. The molecule has 0 aliphatic rings. The van der Waals surface area contributed by atoms with Crippen molar-refractivity contribution in [1.82, 2.24) is 25.0 Å². The van der Waals surface area contributed by atoms with E-state index in [2.05, 4.69) is 34.1 Å². The van der Waals surface area contributed by atoms with Crippen molar-refractivity contribution in [2.45, 2.75) is 26.7 Å². The van der Waals surface area contributed by atoms with Crippen LogP contribution in [0.3, 0.4) is 0 Å². The van der Waals surface area contributed by atoms with Crippen molar-refractivity contribution in [3.05, 3.63) is 35.9 Å². The van der Waals surface area contributed by atoms with Crippen LogP contribution in [0.2, 0.25) is 0 Å². The Bertz CT molecular complexity index is 773. The number of fused-ring (bicyclic) bond motifs is 1. The molecule has 0 saturated heterocycles. The van der Waals surface area contributed by atoms with Crippen LogP contribution in [0.1, 0.15) is 31.0 Å². The van der Waals surface area contributed by atoms with E-state index in [-0.39, 0.29) is 0 Å². The summed E-state index contributed by atoms with van der Waals surface area (Å²) < 4.78 is 1.76. The van der Waals surface area contributed by atoms with Gasteiger partial charge in [0.25, 0.3) is 0 Å². The Balaban J connectivity index is 2.33. The average molecular weight is 267 g/mol. The monoisotopic (exact) mass is 267 g/mol. The fraction of sp³-hybridized carbons (Fsp3) is 0.333. The third-order valence-electron chi connectivity index (χ3n) is 3.67. The van der Waals surface area contributed by atoms with E-state index in [4.69, 9.17) is 0 Å². The second kappa shape index (κ2) is 4.67. The average Bonchev–Trinajstić information content (AvgIpc) is 2.77. The summed E-state index contributed by atoms with van der Waals surface area (Å²) in [5.74, 6) is 0.421. The zero-order valence-corrected chi connectivity index (χ0v) is 12.1. The molecule has 3 heterocycles. The van der Waals surface area contributed by atoms with Crippen molar-refractivity contribution >= 4 is 10.8 Å². The number of pyridine rings is 2. The molecule has 0 bridgehead atoms. The van der Waals surface area contributed by atoms with E-state index in [0.29, 0.717) is 5.92 Å². The number of aromatic nitrogens is 5. The standard InChI is InChI=1S/C15H17N5/c1-9(2)12-8-17-15(13-7-16-6-5-11(12)13)14-10(3)20(4)19-18-14/h5-9H,1-4H3. The molecule has 0 unspecified atom stereocenters.